The van der Waals surface area contributed by atoms with Crippen molar-refractivity contribution >= 4 is 38.9 Å². The lowest BCUT2D eigenvalue weighted by Crippen LogP contribution is -2.38. The van der Waals surface area contributed by atoms with Crippen LogP contribution in [0.4, 0.5) is 11.4 Å². The van der Waals surface area contributed by atoms with E-state index in [4.69, 9.17) is 20.9 Å². The third-order valence-electron chi connectivity index (χ3n) is 4.70. The first kappa shape index (κ1) is 21.1. The summed E-state index contributed by atoms with van der Waals surface area (Å²) in [6.07, 6.45) is 0.771. The second-order valence-corrected chi connectivity index (χ2v) is 8.97. The highest BCUT2D eigenvalue weighted by Crippen LogP contribution is 2.39. The van der Waals surface area contributed by atoms with Gasteiger partial charge in [0, 0.05) is 18.7 Å². The van der Waals surface area contributed by atoms with Crippen molar-refractivity contribution in [2.75, 3.05) is 16.2 Å². The summed E-state index contributed by atoms with van der Waals surface area (Å²) in [5, 5.41) is 3.75. The van der Waals surface area contributed by atoms with Crippen LogP contribution in [-0.4, -0.2) is 31.1 Å². The van der Waals surface area contributed by atoms with E-state index < -0.39 is 10.0 Å². The predicted octanol–water partition coefficient (Wildman–Crippen LogP) is 3.32. The fourth-order valence-electron chi connectivity index (χ4n) is 3.19. The summed E-state index contributed by atoms with van der Waals surface area (Å²) >= 11 is 6.33. The lowest BCUT2D eigenvalue weighted by atomic mass is 10.1. The molecule has 0 saturated carbocycles. The molecule has 1 aromatic heterocycles. The van der Waals surface area contributed by atoms with E-state index >= 15 is 0 Å². The SMILES string of the molecule is CCc1cccc(NS(=O)(=O)c2cc3c(cc2Cl)N(Cc2noc(C)n2)C(=O)CO3)c1. The monoisotopic (exact) mass is 462 g/mol. The van der Waals surface area contributed by atoms with Gasteiger partial charge in [0.1, 0.15) is 10.6 Å². The Kier molecular flexibility index (Phi) is 5.59. The highest BCUT2D eigenvalue weighted by molar-refractivity contribution is 7.92. The molecule has 0 radical (unpaired) electrons. The van der Waals surface area contributed by atoms with Crippen molar-refractivity contribution in [3.8, 4) is 5.75 Å². The molecular formula is C20H19ClN4O5S. The number of nitrogens with zero attached hydrogens (tertiary/aromatic N) is 3. The number of amides is 1. The van der Waals surface area contributed by atoms with Gasteiger partial charge in [-0.1, -0.05) is 35.8 Å². The van der Waals surface area contributed by atoms with Crippen LogP contribution in [0.25, 0.3) is 0 Å². The van der Waals surface area contributed by atoms with Gasteiger partial charge < -0.3 is 9.26 Å². The molecular weight excluding hydrogens is 444 g/mol. The molecule has 0 spiro atoms. The molecule has 2 heterocycles. The molecule has 9 nitrogen and oxygen atoms in total. The third kappa shape index (κ3) is 4.35. The number of benzene rings is 2. The number of ether oxygens (including phenoxy) is 1. The number of carbonyl (C=O) groups excluding carboxylic acids is 1. The Balaban J connectivity index is 1.67. The highest BCUT2D eigenvalue weighted by atomic mass is 35.5. The van der Waals surface area contributed by atoms with Crippen molar-refractivity contribution in [3.05, 3.63) is 58.7 Å². The van der Waals surface area contributed by atoms with Crippen LogP contribution in [0, 0.1) is 6.92 Å². The Bertz CT molecular complexity index is 1260. The third-order valence-corrected chi connectivity index (χ3v) is 6.55. The smallest absolute Gasteiger partial charge is 0.265 e. The van der Waals surface area contributed by atoms with Crippen LogP contribution in [0.15, 0.2) is 45.8 Å². The van der Waals surface area contributed by atoms with Gasteiger partial charge in [0.25, 0.3) is 15.9 Å². The maximum atomic E-state index is 13.0. The molecule has 162 valence electrons. The quantitative estimate of drug-likeness (QED) is 0.597. The van der Waals surface area contributed by atoms with E-state index in [-0.39, 0.29) is 34.7 Å². The number of rotatable bonds is 6. The van der Waals surface area contributed by atoms with Crippen molar-refractivity contribution in [1.29, 1.82) is 0 Å². The van der Waals surface area contributed by atoms with E-state index in [9.17, 15) is 13.2 Å². The molecule has 31 heavy (non-hydrogen) atoms. The van der Waals surface area contributed by atoms with Crippen molar-refractivity contribution in [2.24, 2.45) is 0 Å². The van der Waals surface area contributed by atoms with E-state index in [1.54, 1.807) is 25.1 Å². The van der Waals surface area contributed by atoms with Crippen LogP contribution < -0.4 is 14.4 Å². The van der Waals surface area contributed by atoms with Gasteiger partial charge in [-0.25, -0.2) is 8.42 Å². The molecule has 1 N–H and O–H groups in total. The van der Waals surface area contributed by atoms with Crippen LogP contribution in [0.1, 0.15) is 24.2 Å². The Morgan fingerprint density at radius 3 is 2.77 bits per heavy atom. The first-order chi connectivity index (χ1) is 14.8. The number of aromatic nitrogens is 2. The number of hydrogen-bond donors (Lipinski definition) is 1. The fourth-order valence-corrected chi connectivity index (χ4v) is 4.78. The Morgan fingerprint density at radius 1 is 1.26 bits per heavy atom. The molecule has 0 atom stereocenters. The van der Waals surface area contributed by atoms with Crippen LogP contribution in [0.5, 0.6) is 5.75 Å². The summed E-state index contributed by atoms with van der Waals surface area (Å²) in [5.74, 6) is 0.556. The summed E-state index contributed by atoms with van der Waals surface area (Å²) in [6.45, 7) is 3.41. The zero-order chi connectivity index (χ0) is 22.2. The Labute approximate surface area is 184 Å². The standard InChI is InChI=1S/C20H19ClN4O5S/c1-3-13-5-4-6-14(7-13)24-31(27,28)18-9-17-16(8-15(18)21)25(20(26)11-29-17)10-19-22-12(2)30-23-19/h4-9,24H,3,10-11H2,1-2H3. The van der Waals surface area contributed by atoms with Crippen molar-refractivity contribution in [2.45, 2.75) is 31.7 Å². The minimum atomic E-state index is -3.99. The predicted molar refractivity (Wildman–Crippen MR) is 114 cm³/mol. The second-order valence-electron chi connectivity index (χ2n) is 6.91. The van der Waals surface area contributed by atoms with Crippen molar-refractivity contribution < 1.29 is 22.5 Å². The van der Waals surface area contributed by atoms with Gasteiger partial charge in [-0.15, -0.1) is 0 Å². The topological polar surface area (TPSA) is 115 Å². The first-order valence-electron chi connectivity index (χ1n) is 9.44. The number of carbonyl (C=O) groups is 1. The van der Waals surface area contributed by atoms with E-state index in [0.29, 0.717) is 23.1 Å². The molecule has 0 unspecified atom stereocenters. The Morgan fingerprint density at radius 2 is 2.06 bits per heavy atom. The van der Waals surface area contributed by atoms with E-state index in [1.165, 1.54) is 17.0 Å². The molecule has 0 fully saturated rings. The van der Waals surface area contributed by atoms with E-state index in [1.807, 2.05) is 13.0 Å². The van der Waals surface area contributed by atoms with Gasteiger partial charge in [-0.3, -0.25) is 14.4 Å². The number of fused-ring (bicyclic) bond motifs is 1. The van der Waals surface area contributed by atoms with Gasteiger partial charge >= 0.3 is 0 Å². The second kappa shape index (κ2) is 8.20. The van der Waals surface area contributed by atoms with Crippen LogP contribution >= 0.6 is 11.6 Å². The molecule has 0 saturated heterocycles. The molecule has 1 amide bonds. The fraction of sp³-hybridized carbons (Fsp3) is 0.250. The minimum absolute atomic E-state index is 0.0387. The Hall–Kier alpha value is -3.11. The van der Waals surface area contributed by atoms with Crippen molar-refractivity contribution in [1.82, 2.24) is 10.1 Å². The summed E-state index contributed by atoms with van der Waals surface area (Å²) in [4.78, 5) is 17.7. The minimum Gasteiger partial charge on any atom is -0.482 e. The number of halogens is 1. The van der Waals surface area contributed by atoms with Gasteiger partial charge in [0.15, 0.2) is 12.4 Å². The lowest BCUT2D eigenvalue weighted by molar-refractivity contribution is -0.121. The number of anilines is 2. The van der Waals surface area contributed by atoms with Crippen LogP contribution in [-0.2, 0) is 27.8 Å². The zero-order valence-electron chi connectivity index (χ0n) is 16.8. The molecule has 4 rings (SSSR count). The molecule has 11 heteroatoms. The number of hydrogen-bond acceptors (Lipinski definition) is 7. The van der Waals surface area contributed by atoms with Gasteiger partial charge in [0.2, 0.25) is 5.89 Å². The van der Waals surface area contributed by atoms with Crippen molar-refractivity contribution in [3.63, 3.8) is 0 Å². The number of sulfonamides is 1. The molecule has 1 aliphatic heterocycles. The lowest BCUT2D eigenvalue weighted by Gasteiger charge is -2.29. The maximum Gasteiger partial charge on any atom is 0.265 e. The summed E-state index contributed by atoms with van der Waals surface area (Å²) in [6, 6.07) is 9.80. The van der Waals surface area contributed by atoms with Crippen LogP contribution in [0.3, 0.4) is 0 Å². The number of aryl methyl sites for hydroxylation is 2. The van der Waals surface area contributed by atoms with Gasteiger partial charge in [-0.05, 0) is 30.2 Å². The summed E-state index contributed by atoms with van der Waals surface area (Å²) in [7, 11) is -3.99. The average Bonchev–Trinajstić information content (AvgIpc) is 3.14. The largest absolute Gasteiger partial charge is 0.482 e. The first-order valence-corrected chi connectivity index (χ1v) is 11.3. The number of nitrogens with one attached hydrogen (secondary N) is 1. The molecule has 0 bridgehead atoms. The normalized spacial score (nSPS) is 13.6. The van der Waals surface area contributed by atoms with Gasteiger partial charge in [0.05, 0.1) is 17.3 Å². The molecule has 3 aromatic rings. The van der Waals surface area contributed by atoms with E-state index in [2.05, 4.69) is 14.9 Å². The van der Waals surface area contributed by atoms with Gasteiger partial charge in [-0.2, -0.15) is 4.98 Å². The average molecular weight is 463 g/mol. The molecule has 1 aliphatic rings. The van der Waals surface area contributed by atoms with Crippen LogP contribution in [0.2, 0.25) is 5.02 Å². The summed E-state index contributed by atoms with van der Waals surface area (Å²) in [5.41, 5.74) is 1.75. The highest BCUT2D eigenvalue weighted by Gasteiger charge is 2.30. The maximum absolute atomic E-state index is 13.0. The van der Waals surface area contributed by atoms with E-state index in [0.717, 1.165) is 12.0 Å². The zero-order valence-corrected chi connectivity index (χ0v) is 18.3. The molecule has 0 aliphatic carbocycles. The summed E-state index contributed by atoms with van der Waals surface area (Å²) < 4.78 is 38.9. The molecule has 2 aromatic carbocycles.